The van der Waals surface area contributed by atoms with Crippen molar-refractivity contribution >= 4 is 35.1 Å². The van der Waals surface area contributed by atoms with E-state index in [9.17, 15) is 32.3 Å². The monoisotopic (exact) mass is 632 g/mol. The van der Waals surface area contributed by atoms with Gasteiger partial charge in [0, 0.05) is 31.4 Å². The molecule has 2 aliphatic heterocycles. The van der Waals surface area contributed by atoms with Crippen LogP contribution in [-0.2, 0) is 26.1 Å². The number of carbonyl (C=O) groups excluding carboxylic acids is 4. The average Bonchev–Trinajstić information content (AvgIpc) is 3.47. The maximum absolute atomic E-state index is 13.3. The molecule has 2 saturated heterocycles. The highest BCUT2D eigenvalue weighted by atomic mass is 19.4. The minimum Gasteiger partial charge on any atom is -0.354 e. The van der Waals surface area contributed by atoms with Crippen molar-refractivity contribution < 1.29 is 32.3 Å². The summed E-state index contributed by atoms with van der Waals surface area (Å²) in [5.41, 5.74) is -2.43. The Labute approximate surface area is 261 Å². The van der Waals surface area contributed by atoms with Crippen LogP contribution in [0.1, 0.15) is 53.9 Å². The third-order valence-corrected chi connectivity index (χ3v) is 7.55. The smallest absolute Gasteiger partial charge is 0.354 e. The van der Waals surface area contributed by atoms with Gasteiger partial charge in [0.15, 0.2) is 0 Å². The van der Waals surface area contributed by atoms with Gasteiger partial charge in [-0.2, -0.15) is 23.5 Å². The molecular weight excluding hydrogens is 605 g/mol. The Balaban J connectivity index is 1.17. The first-order valence-corrected chi connectivity index (χ1v) is 14.1. The number of halogens is 3. The molecule has 15 heteroatoms. The number of amides is 4. The molecule has 1 atom stereocenters. The highest BCUT2D eigenvalue weighted by Gasteiger charge is 2.35. The minimum absolute atomic E-state index is 0.0124. The van der Waals surface area contributed by atoms with Gasteiger partial charge in [-0.15, -0.1) is 0 Å². The normalized spacial score (nSPS) is 16.8. The quantitative estimate of drug-likeness (QED) is 0.276. The number of nitrogens with zero attached hydrogens (tertiary/aromatic N) is 5. The zero-order chi connectivity index (χ0) is 33.2. The summed E-state index contributed by atoms with van der Waals surface area (Å²) >= 11 is 0. The lowest BCUT2D eigenvalue weighted by Crippen LogP contribution is -2.52. The Kier molecular flexibility index (Phi) is 8.52. The molecule has 4 amide bonds. The van der Waals surface area contributed by atoms with Gasteiger partial charge in [-0.1, -0.05) is 17.9 Å². The van der Waals surface area contributed by atoms with Crippen LogP contribution in [0.3, 0.4) is 0 Å². The van der Waals surface area contributed by atoms with Crippen LogP contribution in [0.5, 0.6) is 0 Å². The van der Waals surface area contributed by atoms with Crippen molar-refractivity contribution in [2.45, 2.75) is 44.4 Å². The molecule has 2 fully saturated rings. The highest BCUT2D eigenvalue weighted by molar-refractivity contribution is 6.03. The van der Waals surface area contributed by atoms with E-state index in [4.69, 9.17) is 5.26 Å². The van der Waals surface area contributed by atoms with Crippen LogP contribution >= 0.6 is 0 Å². The molecule has 12 nitrogen and oxygen atoms in total. The predicted octanol–water partition coefficient (Wildman–Crippen LogP) is 2.57. The number of benzene rings is 1. The molecule has 1 unspecified atom stereocenters. The first kappa shape index (κ1) is 31.7. The van der Waals surface area contributed by atoms with Crippen LogP contribution in [-0.4, -0.2) is 57.5 Å². The Hall–Kier alpha value is -5.70. The van der Waals surface area contributed by atoms with Crippen molar-refractivity contribution in [1.29, 1.82) is 5.26 Å². The summed E-state index contributed by atoms with van der Waals surface area (Å²) in [6.07, 6.45) is -1.35. The zero-order valence-corrected chi connectivity index (χ0v) is 24.6. The SMILES string of the molecule is CC(C)(C(=O)Nc1ccc(C#N)c(C(F)(F)F)c1)n1cc(C#CC2CN(c3cccc(C(=O)NC4CCC(=O)NC4=O)n3)C2)cn1. The fraction of sp³-hybridized carbons (Fsp3) is 0.323. The number of imide groups is 1. The number of anilines is 2. The number of alkyl halides is 3. The van der Waals surface area contributed by atoms with E-state index in [0.29, 0.717) is 24.5 Å². The molecule has 2 aromatic heterocycles. The molecule has 2 aliphatic rings. The zero-order valence-electron chi connectivity index (χ0n) is 24.6. The summed E-state index contributed by atoms with van der Waals surface area (Å²) in [7, 11) is 0. The third kappa shape index (κ3) is 6.83. The number of pyridine rings is 1. The molecule has 0 saturated carbocycles. The van der Waals surface area contributed by atoms with Gasteiger partial charge in [0.05, 0.1) is 34.9 Å². The van der Waals surface area contributed by atoms with Crippen molar-refractivity contribution in [2.24, 2.45) is 5.92 Å². The number of nitriles is 1. The number of nitrogens with one attached hydrogen (secondary N) is 3. The summed E-state index contributed by atoms with van der Waals surface area (Å²) in [6, 6.07) is 8.62. The van der Waals surface area contributed by atoms with E-state index >= 15 is 0 Å². The molecule has 0 aliphatic carbocycles. The molecule has 0 bridgehead atoms. The molecular formula is C31H27F3N8O4. The van der Waals surface area contributed by atoms with Gasteiger partial charge in [0.25, 0.3) is 11.8 Å². The molecule has 4 heterocycles. The lowest BCUT2D eigenvalue weighted by molar-refractivity contribution is -0.138. The number of rotatable bonds is 6. The number of hydrogen-bond donors (Lipinski definition) is 3. The fourth-order valence-electron chi connectivity index (χ4n) is 4.77. The van der Waals surface area contributed by atoms with Crippen LogP contribution in [0.2, 0.25) is 0 Å². The molecule has 0 radical (unpaired) electrons. The summed E-state index contributed by atoms with van der Waals surface area (Å²) in [5.74, 6) is 4.66. The van der Waals surface area contributed by atoms with E-state index in [-0.39, 0.29) is 36.0 Å². The molecule has 1 aromatic carbocycles. The van der Waals surface area contributed by atoms with Crippen molar-refractivity contribution in [3.63, 3.8) is 0 Å². The van der Waals surface area contributed by atoms with E-state index in [1.807, 2.05) is 4.90 Å². The summed E-state index contributed by atoms with van der Waals surface area (Å²) < 4.78 is 41.4. The van der Waals surface area contributed by atoms with Crippen LogP contribution in [0.25, 0.3) is 0 Å². The number of aromatic nitrogens is 3. The van der Waals surface area contributed by atoms with Crippen molar-refractivity contribution in [1.82, 2.24) is 25.4 Å². The Morgan fingerprint density at radius 3 is 2.59 bits per heavy atom. The van der Waals surface area contributed by atoms with Gasteiger partial charge in [-0.25, -0.2) is 4.98 Å². The Bertz CT molecular complexity index is 1830. The first-order valence-electron chi connectivity index (χ1n) is 14.1. The van der Waals surface area contributed by atoms with Crippen molar-refractivity contribution in [2.75, 3.05) is 23.3 Å². The maximum Gasteiger partial charge on any atom is 0.417 e. The largest absolute Gasteiger partial charge is 0.417 e. The topological polar surface area (TPSA) is 162 Å². The van der Waals surface area contributed by atoms with Gasteiger partial charge in [0.1, 0.15) is 23.1 Å². The maximum atomic E-state index is 13.3. The Morgan fingerprint density at radius 2 is 1.89 bits per heavy atom. The summed E-state index contributed by atoms with van der Waals surface area (Å²) in [5, 5.41) is 20.5. The van der Waals surface area contributed by atoms with E-state index in [1.54, 1.807) is 32.2 Å². The molecule has 0 spiro atoms. The Morgan fingerprint density at radius 1 is 1.13 bits per heavy atom. The molecule has 3 N–H and O–H groups in total. The fourth-order valence-corrected chi connectivity index (χ4v) is 4.77. The van der Waals surface area contributed by atoms with E-state index < -0.39 is 46.6 Å². The highest BCUT2D eigenvalue weighted by Crippen LogP contribution is 2.34. The average molecular weight is 633 g/mol. The van der Waals surface area contributed by atoms with E-state index in [1.165, 1.54) is 29.1 Å². The second kappa shape index (κ2) is 12.4. The molecule has 46 heavy (non-hydrogen) atoms. The van der Waals surface area contributed by atoms with E-state index in [0.717, 1.165) is 12.1 Å². The standard InChI is InChI=1S/C31H27F3N8O4/c1-30(2,29(46)37-21-9-8-20(13-35)22(12-21)31(32,33)34)42-17-18(14-36-42)6-7-19-15-41(16-19)25-5-3-4-23(38-25)27(44)39-24-10-11-26(43)40-28(24)45/h3-5,8-9,12,14,17,19,24H,10-11,15-16H2,1-2H3,(H,37,46)(H,39,44)(H,40,43,45). The molecule has 236 valence electrons. The molecule has 5 rings (SSSR count). The van der Waals surface area contributed by atoms with Gasteiger partial charge < -0.3 is 15.5 Å². The van der Waals surface area contributed by atoms with Crippen LogP contribution in [0.15, 0.2) is 48.8 Å². The minimum atomic E-state index is -4.76. The first-order chi connectivity index (χ1) is 21.7. The van der Waals surface area contributed by atoms with Crippen molar-refractivity contribution in [3.8, 4) is 17.9 Å². The van der Waals surface area contributed by atoms with Crippen LogP contribution < -0.4 is 20.9 Å². The second-order valence-electron chi connectivity index (χ2n) is 11.3. The van der Waals surface area contributed by atoms with Gasteiger partial charge in [0.2, 0.25) is 11.8 Å². The van der Waals surface area contributed by atoms with Crippen molar-refractivity contribution in [3.05, 3.63) is 71.2 Å². The second-order valence-corrected chi connectivity index (χ2v) is 11.3. The van der Waals surface area contributed by atoms with E-state index in [2.05, 4.69) is 37.9 Å². The lowest BCUT2D eigenvalue weighted by Gasteiger charge is -2.37. The van der Waals surface area contributed by atoms with Gasteiger partial charge in [-0.3, -0.25) is 29.2 Å². The van der Waals surface area contributed by atoms with Gasteiger partial charge in [-0.05, 0) is 50.6 Å². The third-order valence-electron chi connectivity index (χ3n) is 7.55. The number of piperidine rings is 1. The van der Waals surface area contributed by atoms with Gasteiger partial charge >= 0.3 is 6.18 Å². The number of hydrogen-bond acceptors (Lipinski definition) is 8. The predicted molar refractivity (Wildman–Crippen MR) is 157 cm³/mol. The summed E-state index contributed by atoms with van der Waals surface area (Å²) in [6.45, 7) is 4.20. The van der Waals surface area contributed by atoms with Crippen LogP contribution in [0.4, 0.5) is 24.7 Å². The number of carbonyl (C=O) groups is 4. The summed E-state index contributed by atoms with van der Waals surface area (Å²) in [4.78, 5) is 55.3. The lowest BCUT2D eigenvalue weighted by atomic mass is 10.0. The molecule has 3 aromatic rings. The van der Waals surface area contributed by atoms with Crippen LogP contribution in [0, 0.1) is 29.1 Å².